The molecule has 1 aliphatic rings. The lowest BCUT2D eigenvalue weighted by Gasteiger charge is -2.33. The van der Waals surface area contributed by atoms with Gasteiger partial charge < -0.3 is 5.32 Å². The van der Waals surface area contributed by atoms with E-state index < -0.39 is 0 Å². The van der Waals surface area contributed by atoms with E-state index in [1.807, 2.05) is 11.3 Å². The van der Waals surface area contributed by atoms with Crippen molar-refractivity contribution in [2.45, 2.75) is 38.1 Å². The molecule has 1 aliphatic heterocycles. The predicted octanol–water partition coefficient (Wildman–Crippen LogP) is 2.71. The van der Waals surface area contributed by atoms with Gasteiger partial charge in [0.25, 0.3) is 0 Å². The van der Waals surface area contributed by atoms with Crippen LogP contribution >= 0.6 is 11.3 Å². The minimum absolute atomic E-state index is 0.226. The van der Waals surface area contributed by atoms with E-state index in [2.05, 4.69) is 47.5 Å². The Kier molecular flexibility index (Phi) is 5.04. The first kappa shape index (κ1) is 14.6. The van der Waals surface area contributed by atoms with Crippen LogP contribution in [0.1, 0.15) is 31.6 Å². The second-order valence-electron chi connectivity index (χ2n) is 6.00. The molecule has 0 aliphatic carbocycles. The third kappa shape index (κ3) is 4.07. The van der Waals surface area contributed by atoms with Gasteiger partial charge in [-0.25, -0.2) is 0 Å². The average molecular weight is 276 g/mol. The van der Waals surface area contributed by atoms with Gasteiger partial charge in [-0.3, -0.25) is 4.90 Å². The zero-order valence-electron chi connectivity index (χ0n) is 12.0. The zero-order valence-corrected chi connectivity index (χ0v) is 12.8. The smallest absolute Gasteiger partial charge is 0.0598 e. The van der Waals surface area contributed by atoms with Gasteiger partial charge in [0.05, 0.1) is 6.54 Å². The summed E-state index contributed by atoms with van der Waals surface area (Å²) in [5.41, 5.74) is 0.226. The molecule has 0 radical (unpaired) electrons. The Hall–Kier alpha value is -0.820. The Labute approximate surface area is 121 Å². The maximum Gasteiger partial charge on any atom is 0.0598 e. The molecule has 0 bridgehead atoms. The lowest BCUT2D eigenvalue weighted by molar-refractivity contribution is 0.213. The minimum Gasteiger partial charge on any atom is -0.313 e. The largest absolute Gasteiger partial charge is 0.313 e. The van der Waals surface area contributed by atoms with Crippen molar-refractivity contribution in [3.05, 3.63) is 22.4 Å². The SMILES string of the molecule is C#CCN1CCC(NCC(C)(C)c2cccs2)CC1. The van der Waals surface area contributed by atoms with Gasteiger partial charge >= 0.3 is 0 Å². The molecule has 19 heavy (non-hydrogen) atoms. The number of thiophene rings is 1. The molecule has 1 aromatic heterocycles. The third-order valence-electron chi connectivity index (χ3n) is 3.92. The summed E-state index contributed by atoms with van der Waals surface area (Å²) in [4.78, 5) is 3.83. The van der Waals surface area contributed by atoms with E-state index in [4.69, 9.17) is 6.42 Å². The molecule has 1 aromatic rings. The third-order valence-corrected chi connectivity index (χ3v) is 5.16. The number of hydrogen-bond donors (Lipinski definition) is 1. The van der Waals surface area contributed by atoms with Crippen molar-refractivity contribution >= 4 is 11.3 Å². The van der Waals surface area contributed by atoms with Crippen LogP contribution in [0, 0.1) is 12.3 Å². The van der Waals surface area contributed by atoms with Crippen LogP contribution in [-0.4, -0.2) is 37.1 Å². The van der Waals surface area contributed by atoms with Crippen molar-refractivity contribution in [2.24, 2.45) is 0 Å². The highest BCUT2D eigenvalue weighted by Gasteiger charge is 2.24. The maximum absolute atomic E-state index is 5.36. The molecule has 1 fully saturated rings. The fourth-order valence-electron chi connectivity index (χ4n) is 2.57. The van der Waals surface area contributed by atoms with Gasteiger partial charge in [0.1, 0.15) is 0 Å². The first-order valence-corrected chi connectivity index (χ1v) is 7.93. The Balaban J connectivity index is 1.76. The van der Waals surface area contributed by atoms with Crippen molar-refractivity contribution < 1.29 is 0 Å². The molecule has 1 N–H and O–H groups in total. The van der Waals surface area contributed by atoms with Crippen LogP contribution in [0.2, 0.25) is 0 Å². The average Bonchev–Trinajstić information content (AvgIpc) is 2.93. The normalized spacial score (nSPS) is 18.4. The zero-order chi connectivity index (χ0) is 13.7. The van der Waals surface area contributed by atoms with Gasteiger partial charge in [-0.05, 0) is 24.3 Å². The number of nitrogens with one attached hydrogen (secondary N) is 1. The van der Waals surface area contributed by atoms with Crippen LogP contribution in [0.3, 0.4) is 0 Å². The fourth-order valence-corrected chi connectivity index (χ4v) is 3.43. The van der Waals surface area contributed by atoms with Crippen molar-refractivity contribution in [3.8, 4) is 12.3 Å². The molecular formula is C16H24N2S. The van der Waals surface area contributed by atoms with E-state index in [0.29, 0.717) is 6.04 Å². The Morgan fingerprint density at radius 1 is 1.47 bits per heavy atom. The number of terminal acetylenes is 1. The molecule has 0 spiro atoms. The van der Waals surface area contributed by atoms with Crippen molar-refractivity contribution in [1.29, 1.82) is 0 Å². The quantitative estimate of drug-likeness (QED) is 0.832. The number of rotatable bonds is 5. The summed E-state index contributed by atoms with van der Waals surface area (Å²) in [6.45, 7) is 8.74. The molecule has 0 saturated carbocycles. The lowest BCUT2D eigenvalue weighted by atomic mass is 9.90. The summed E-state index contributed by atoms with van der Waals surface area (Å²) in [5.74, 6) is 2.73. The van der Waals surface area contributed by atoms with Crippen molar-refractivity contribution in [2.75, 3.05) is 26.2 Å². The molecule has 0 aromatic carbocycles. The van der Waals surface area contributed by atoms with E-state index in [-0.39, 0.29) is 5.41 Å². The molecule has 0 unspecified atom stereocenters. The summed E-state index contributed by atoms with van der Waals surface area (Å²) < 4.78 is 0. The molecule has 2 nitrogen and oxygen atoms in total. The monoisotopic (exact) mass is 276 g/mol. The van der Waals surface area contributed by atoms with Crippen LogP contribution in [0.15, 0.2) is 17.5 Å². The highest BCUT2D eigenvalue weighted by atomic mass is 32.1. The molecule has 0 amide bonds. The Bertz CT molecular complexity index is 408. The Morgan fingerprint density at radius 3 is 2.79 bits per heavy atom. The molecule has 2 heterocycles. The first-order chi connectivity index (χ1) is 9.12. The molecule has 0 atom stereocenters. The van der Waals surface area contributed by atoms with E-state index >= 15 is 0 Å². The van der Waals surface area contributed by atoms with Crippen LogP contribution in [0.5, 0.6) is 0 Å². The number of nitrogens with zero attached hydrogens (tertiary/aromatic N) is 1. The Morgan fingerprint density at radius 2 is 2.21 bits per heavy atom. The second-order valence-corrected chi connectivity index (χ2v) is 6.94. The molecule has 104 valence electrons. The minimum atomic E-state index is 0.226. The molecule has 1 saturated heterocycles. The van der Waals surface area contributed by atoms with Gasteiger partial charge in [0, 0.05) is 36.0 Å². The maximum atomic E-state index is 5.36. The lowest BCUT2D eigenvalue weighted by Crippen LogP contribution is -2.45. The number of likely N-dealkylation sites (tertiary alicyclic amines) is 1. The summed E-state index contributed by atoms with van der Waals surface area (Å²) >= 11 is 1.85. The number of piperidine rings is 1. The highest BCUT2D eigenvalue weighted by Crippen LogP contribution is 2.27. The first-order valence-electron chi connectivity index (χ1n) is 7.05. The summed E-state index contributed by atoms with van der Waals surface area (Å²) in [6.07, 6.45) is 7.78. The topological polar surface area (TPSA) is 15.3 Å². The van der Waals surface area contributed by atoms with Gasteiger partial charge in [-0.2, -0.15) is 0 Å². The van der Waals surface area contributed by atoms with Crippen LogP contribution in [0.25, 0.3) is 0 Å². The second kappa shape index (κ2) is 6.56. The van der Waals surface area contributed by atoms with E-state index in [9.17, 15) is 0 Å². The summed E-state index contributed by atoms with van der Waals surface area (Å²) in [7, 11) is 0. The van der Waals surface area contributed by atoms with Gasteiger partial charge in [0.15, 0.2) is 0 Å². The van der Waals surface area contributed by atoms with E-state index in [1.165, 1.54) is 17.7 Å². The van der Waals surface area contributed by atoms with Crippen LogP contribution < -0.4 is 5.32 Å². The van der Waals surface area contributed by atoms with Gasteiger partial charge in [-0.1, -0.05) is 25.8 Å². The van der Waals surface area contributed by atoms with Crippen molar-refractivity contribution in [1.82, 2.24) is 10.2 Å². The molecule has 2 rings (SSSR count). The molecular weight excluding hydrogens is 252 g/mol. The van der Waals surface area contributed by atoms with Crippen molar-refractivity contribution in [3.63, 3.8) is 0 Å². The molecule has 3 heteroatoms. The van der Waals surface area contributed by atoms with Gasteiger partial charge in [0.2, 0.25) is 0 Å². The van der Waals surface area contributed by atoms with Crippen LogP contribution in [-0.2, 0) is 5.41 Å². The summed E-state index contributed by atoms with van der Waals surface area (Å²) in [6, 6.07) is 5.02. The van der Waals surface area contributed by atoms with E-state index in [1.54, 1.807) is 0 Å². The fraction of sp³-hybridized carbons (Fsp3) is 0.625. The highest BCUT2D eigenvalue weighted by molar-refractivity contribution is 7.10. The number of hydrogen-bond acceptors (Lipinski definition) is 3. The summed E-state index contributed by atoms with van der Waals surface area (Å²) in [5, 5.41) is 5.90. The standard InChI is InChI=1S/C16H24N2S/c1-4-9-18-10-7-14(8-11-18)17-13-16(2,3)15-6-5-12-19-15/h1,5-6,12,14,17H,7-11,13H2,2-3H3. The predicted molar refractivity (Wildman–Crippen MR) is 83.6 cm³/mol. The van der Waals surface area contributed by atoms with E-state index in [0.717, 1.165) is 26.2 Å². The van der Waals surface area contributed by atoms with Gasteiger partial charge in [-0.15, -0.1) is 17.8 Å². The van der Waals surface area contributed by atoms with Crippen LogP contribution in [0.4, 0.5) is 0 Å².